The van der Waals surface area contributed by atoms with Gasteiger partial charge in [0.1, 0.15) is 5.75 Å². The predicted octanol–water partition coefficient (Wildman–Crippen LogP) is 3.03. The van der Waals surface area contributed by atoms with Crippen molar-refractivity contribution >= 4 is 5.57 Å². The molecule has 0 unspecified atom stereocenters. The molecule has 0 saturated carbocycles. The van der Waals surface area contributed by atoms with Gasteiger partial charge in [-0.25, -0.2) is 0 Å². The molecule has 1 atom stereocenters. The summed E-state index contributed by atoms with van der Waals surface area (Å²) in [5, 5.41) is 9.34. The predicted molar refractivity (Wildman–Crippen MR) is 69.9 cm³/mol. The van der Waals surface area contributed by atoms with Crippen molar-refractivity contribution in [3.8, 4) is 5.75 Å². The molecule has 1 fully saturated rings. The maximum absolute atomic E-state index is 9.34. The third-order valence-corrected chi connectivity index (χ3v) is 4.13. The van der Waals surface area contributed by atoms with Crippen molar-refractivity contribution in [3.63, 3.8) is 0 Å². The first-order valence-electron chi connectivity index (χ1n) is 6.46. The van der Waals surface area contributed by atoms with Crippen LogP contribution in [0.15, 0.2) is 29.8 Å². The Bertz CT molecular complexity index is 446. The molecular formula is C15H19NO. The van der Waals surface area contributed by atoms with Crippen LogP contribution in [0.2, 0.25) is 0 Å². The highest BCUT2D eigenvalue weighted by atomic mass is 16.3. The van der Waals surface area contributed by atoms with Crippen molar-refractivity contribution < 1.29 is 5.11 Å². The molecule has 2 heteroatoms. The number of rotatable bonds is 1. The second-order valence-electron chi connectivity index (χ2n) is 5.28. The maximum atomic E-state index is 9.34. The molecule has 3 rings (SSSR count). The molecule has 0 spiro atoms. The standard InChI is InChI=1S/C15H19NO/c1-11-9-13-3-2-8-16(13)10-15(11)12-4-6-14(17)7-5-12/h4-7,13,17H,2-3,8-10H2,1H3/t13-/m1/s1. The number of benzene rings is 1. The number of nitrogens with zero attached hydrogens (tertiary/aromatic N) is 1. The van der Waals surface area contributed by atoms with E-state index in [9.17, 15) is 5.11 Å². The zero-order chi connectivity index (χ0) is 11.8. The maximum Gasteiger partial charge on any atom is 0.115 e. The fraction of sp³-hybridized carbons (Fsp3) is 0.467. The Hall–Kier alpha value is -1.28. The lowest BCUT2D eigenvalue weighted by molar-refractivity contribution is 0.271. The Labute approximate surface area is 103 Å². The van der Waals surface area contributed by atoms with Crippen molar-refractivity contribution in [3.05, 3.63) is 35.4 Å². The lowest BCUT2D eigenvalue weighted by atomic mass is 9.91. The Balaban J connectivity index is 1.91. The lowest BCUT2D eigenvalue weighted by Gasteiger charge is -2.32. The van der Waals surface area contributed by atoms with Crippen molar-refractivity contribution in [2.75, 3.05) is 13.1 Å². The monoisotopic (exact) mass is 229 g/mol. The van der Waals surface area contributed by atoms with Crippen molar-refractivity contribution in [1.82, 2.24) is 4.90 Å². The molecule has 2 heterocycles. The zero-order valence-corrected chi connectivity index (χ0v) is 10.3. The van der Waals surface area contributed by atoms with Crippen LogP contribution < -0.4 is 0 Å². The van der Waals surface area contributed by atoms with Gasteiger partial charge in [0.05, 0.1) is 0 Å². The number of aromatic hydroxyl groups is 1. The molecule has 0 radical (unpaired) electrons. The Morgan fingerprint density at radius 1 is 1.24 bits per heavy atom. The van der Waals surface area contributed by atoms with Gasteiger partial charge in [-0.2, -0.15) is 0 Å². The second-order valence-corrected chi connectivity index (χ2v) is 5.28. The third kappa shape index (κ3) is 1.98. The first kappa shape index (κ1) is 10.8. The van der Waals surface area contributed by atoms with Gasteiger partial charge in [-0.1, -0.05) is 17.7 Å². The number of phenolic OH excluding ortho intramolecular Hbond substituents is 1. The highest BCUT2D eigenvalue weighted by molar-refractivity contribution is 5.71. The number of fused-ring (bicyclic) bond motifs is 1. The van der Waals surface area contributed by atoms with Gasteiger partial charge in [0, 0.05) is 12.6 Å². The van der Waals surface area contributed by atoms with Gasteiger partial charge in [0.15, 0.2) is 0 Å². The number of hydrogen-bond acceptors (Lipinski definition) is 2. The average molecular weight is 229 g/mol. The summed E-state index contributed by atoms with van der Waals surface area (Å²) in [5.74, 6) is 0.349. The van der Waals surface area contributed by atoms with E-state index in [1.54, 1.807) is 12.1 Å². The summed E-state index contributed by atoms with van der Waals surface area (Å²) in [6, 6.07) is 8.42. The van der Waals surface area contributed by atoms with Crippen molar-refractivity contribution in [2.45, 2.75) is 32.2 Å². The summed E-state index contributed by atoms with van der Waals surface area (Å²) in [4.78, 5) is 2.61. The zero-order valence-electron chi connectivity index (χ0n) is 10.3. The van der Waals surface area contributed by atoms with Crippen LogP contribution in [0.25, 0.3) is 5.57 Å². The summed E-state index contributed by atoms with van der Waals surface area (Å²) < 4.78 is 0. The summed E-state index contributed by atoms with van der Waals surface area (Å²) in [6.07, 6.45) is 3.93. The van der Waals surface area contributed by atoms with Crippen LogP contribution in [0.4, 0.5) is 0 Å². The van der Waals surface area contributed by atoms with E-state index in [0.29, 0.717) is 5.75 Å². The topological polar surface area (TPSA) is 23.5 Å². The van der Waals surface area contributed by atoms with Gasteiger partial charge in [-0.15, -0.1) is 0 Å². The largest absolute Gasteiger partial charge is 0.508 e. The van der Waals surface area contributed by atoms with Crippen LogP contribution in [0.1, 0.15) is 31.7 Å². The van der Waals surface area contributed by atoms with Gasteiger partial charge < -0.3 is 5.11 Å². The van der Waals surface area contributed by atoms with E-state index in [1.165, 1.54) is 42.5 Å². The van der Waals surface area contributed by atoms with Gasteiger partial charge in [-0.3, -0.25) is 4.90 Å². The molecule has 0 aromatic heterocycles. The molecular weight excluding hydrogens is 210 g/mol. The Morgan fingerprint density at radius 3 is 2.76 bits per heavy atom. The van der Waals surface area contributed by atoms with E-state index in [1.807, 2.05) is 12.1 Å². The smallest absolute Gasteiger partial charge is 0.115 e. The molecule has 0 bridgehead atoms. The summed E-state index contributed by atoms with van der Waals surface area (Å²) in [5.41, 5.74) is 4.26. The minimum absolute atomic E-state index is 0.349. The van der Waals surface area contributed by atoms with E-state index in [2.05, 4.69) is 11.8 Å². The molecule has 0 amide bonds. The fourth-order valence-corrected chi connectivity index (χ4v) is 3.15. The molecule has 2 nitrogen and oxygen atoms in total. The number of phenols is 1. The fourth-order valence-electron chi connectivity index (χ4n) is 3.15. The minimum atomic E-state index is 0.349. The van der Waals surface area contributed by atoms with Crippen LogP contribution in [-0.4, -0.2) is 29.1 Å². The Kier molecular flexibility index (Phi) is 2.67. The minimum Gasteiger partial charge on any atom is -0.508 e. The van der Waals surface area contributed by atoms with Gasteiger partial charge in [0.25, 0.3) is 0 Å². The molecule has 2 aliphatic rings. The van der Waals surface area contributed by atoms with E-state index in [-0.39, 0.29) is 0 Å². The molecule has 1 aromatic carbocycles. The van der Waals surface area contributed by atoms with Gasteiger partial charge in [-0.05, 0) is 56.0 Å². The quantitative estimate of drug-likeness (QED) is 0.800. The first-order chi connectivity index (χ1) is 8.24. The van der Waals surface area contributed by atoms with Crippen molar-refractivity contribution in [2.24, 2.45) is 0 Å². The first-order valence-corrected chi connectivity index (χ1v) is 6.46. The highest BCUT2D eigenvalue weighted by Gasteiger charge is 2.30. The average Bonchev–Trinajstić information content (AvgIpc) is 2.76. The molecule has 1 aromatic rings. The Morgan fingerprint density at radius 2 is 2.00 bits per heavy atom. The van der Waals surface area contributed by atoms with Crippen LogP contribution in [-0.2, 0) is 0 Å². The van der Waals surface area contributed by atoms with Crippen LogP contribution in [0, 0.1) is 0 Å². The molecule has 1 N–H and O–H groups in total. The molecule has 2 aliphatic heterocycles. The van der Waals surface area contributed by atoms with E-state index < -0.39 is 0 Å². The summed E-state index contributed by atoms with van der Waals surface area (Å²) >= 11 is 0. The van der Waals surface area contributed by atoms with Crippen LogP contribution in [0.3, 0.4) is 0 Å². The molecule has 90 valence electrons. The van der Waals surface area contributed by atoms with Crippen LogP contribution >= 0.6 is 0 Å². The normalized spacial score (nSPS) is 25.1. The van der Waals surface area contributed by atoms with E-state index in [4.69, 9.17) is 0 Å². The third-order valence-electron chi connectivity index (χ3n) is 4.13. The van der Waals surface area contributed by atoms with Crippen LogP contribution in [0.5, 0.6) is 5.75 Å². The second kappa shape index (κ2) is 4.19. The number of hydrogen-bond donors (Lipinski definition) is 1. The van der Waals surface area contributed by atoms with Crippen molar-refractivity contribution in [1.29, 1.82) is 0 Å². The van der Waals surface area contributed by atoms with Gasteiger partial charge >= 0.3 is 0 Å². The van der Waals surface area contributed by atoms with E-state index >= 15 is 0 Å². The molecule has 1 saturated heterocycles. The SMILES string of the molecule is CC1=C(c2ccc(O)cc2)CN2CCC[C@@H]2C1. The molecule has 0 aliphatic carbocycles. The summed E-state index contributed by atoms with van der Waals surface area (Å²) in [6.45, 7) is 4.60. The lowest BCUT2D eigenvalue weighted by Crippen LogP contribution is -2.34. The highest BCUT2D eigenvalue weighted by Crippen LogP contribution is 2.34. The molecule has 17 heavy (non-hydrogen) atoms. The van der Waals surface area contributed by atoms with E-state index in [0.717, 1.165) is 12.6 Å². The summed E-state index contributed by atoms with van der Waals surface area (Å²) in [7, 11) is 0. The van der Waals surface area contributed by atoms with Gasteiger partial charge in [0.2, 0.25) is 0 Å².